The maximum atomic E-state index is 11.9. The number of Topliss-reactive ketones (excluding diaryl/α,β-unsaturated/α-hetero) is 1. The van der Waals surface area contributed by atoms with Gasteiger partial charge in [0.2, 0.25) is 0 Å². The molecule has 3 unspecified atom stereocenters. The average molecular weight is 388 g/mol. The van der Waals surface area contributed by atoms with Crippen LogP contribution in [0.5, 0.6) is 5.75 Å². The third-order valence-electron chi connectivity index (χ3n) is 4.78. The molecule has 3 atom stereocenters. The van der Waals surface area contributed by atoms with Crippen LogP contribution in [-0.4, -0.2) is 45.4 Å². The van der Waals surface area contributed by atoms with Crippen molar-refractivity contribution in [2.75, 3.05) is 6.61 Å². The summed E-state index contributed by atoms with van der Waals surface area (Å²) in [4.78, 5) is 22.3. The van der Waals surface area contributed by atoms with Gasteiger partial charge in [-0.3, -0.25) is 9.59 Å². The maximum Gasteiger partial charge on any atom is 0.303 e. The minimum absolute atomic E-state index is 0.00791. The van der Waals surface area contributed by atoms with Crippen molar-refractivity contribution < 1.29 is 29.6 Å². The van der Waals surface area contributed by atoms with Gasteiger partial charge in [-0.25, -0.2) is 0 Å². The molecule has 0 spiro atoms. The number of hydrogen-bond acceptors (Lipinski definition) is 5. The number of carbonyl (C=O) groups is 2. The Balaban J connectivity index is 1.84. The molecule has 1 aromatic rings. The van der Waals surface area contributed by atoms with Crippen LogP contribution in [0, 0.1) is 5.92 Å². The fraction of sp³-hybridized carbons (Fsp3) is 0.455. The number of benzene rings is 1. The number of allylic oxidation sites excluding steroid dienone is 2. The first kappa shape index (κ1) is 21.9. The van der Waals surface area contributed by atoms with E-state index in [0.29, 0.717) is 25.0 Å². The van der Waals surface area contributed by atoms with Crippen LogP contribution in [-0.2, 0) is 9.59 Å². The van der Waals surface area contributed by atoms with Crippen molar-refractivity contribution in [3.05, 3.63) is 54.6 Å². The van der Waals surface area contributed by atoms with Gasteiger partial charge in [-0.2, -0.15) is 0 Å². The number of carbonyl (C=O) groups excluding carboxylic acids is 1. The van der Waals surface area contributed by atoms with E-state index < -0.39 is 17.7 Å². The molecular weight excluding hydrogens is 360 g/mol. The van der Waals surface area contributed by atoms with Crippen LogP contribution in [0.1, 0.15) is 38.5 Å². The number of carboxylic acid groups (broad SMARTS) is 1. The Morgan fingerprint density at radius 2 is 2.04 bits per heavy atom. The summed E-state index contributed by atoms with van der Waals surface area (Å²) in [5.74, 6) is -0.430. The number of para-hydroxylation sites is 1. The van der Waals surface area contributed by atoms with Crippen LogP contribution in [0.2, 0.25) is 0 Å². The molecule has 28 heavy (non-hydrogen) atoms. The molecule has 3 N–H and O–H groups in total. The van der Waals surface area contributed by atoms with Crippen molar-refractivity contribution in [3.63, 3.8) is 0 Å². The first-order valence-corrected chi connectivity index (χ1v) is 9.55. The zero-order valence-electron chi connectivity index (χ0n) is 15.9. The van der Waals surface area contributed by atoms with Crippen LogP contribution < -0.4 is 4.74 Å². The first-order chi connectivity index (χ1) is 13.4. The van der Waals surface area contributed by atoms with Crippen molar-refractivity contribution >= 4 is 11.8 Å². The molecule has 0 radical (unpaired) electrons. The second kappa shape index (κ2) is 10.8. The largest absolute Gasteiger partial charge is 0.491 e. The molecule has 1 aliphatic carbocycles. The van der Waals surface area contributed by atoms with E-state index in [1.807, 2.05) is 30.4 Å². The van der Waals surface area contributed by atoms with E-state index in [9.17, 15) is 19.8 Å². The molecule has 152 valence electrons. The Bertz CT molecular complexity index is 696. The standard InChI is InChI=1S/C22H28O6/c23-18(16-28-20-9-5-3-6-10-20)12-13-22(27)15-19(24)14-17(22)8-4-1-2-7-11-21(25)26/h1,3-6,9-10,12-13,17-18,23,27H,2,7-8,11,14-16H2,(H,25,26). The van der Waals surface area contributed by atoms with Gasteiger partial charge in [0.15, 0.2) is 0 Å². The van der Waals surface area contributed by atoms with Gasteiger partial charge in [-0.1, -0.05) is 42.5 Å². The van der Waals surface area contributed by atoms with Gasteiger partial charge >= 0.3 is 5.97 Å². The summed E-state index contributed by atoms with van der Waals surface area (Å²) in [6.07, 6.45) is 8.06. The summed E-state index contributed by atoms with van der Waals surface area (Å²) in [7, 11) is 0. The highest BCUT2D eigenvalue weighted by Gasteiger charge is 2.42. The van der Waals surface area contributed by atoms with Crippen molar-refractivity contribution in [2.24, 2.45) is 5.92 Å². The van der Waals surface area contributed by atoms with Gasteiger partial charge in [0, 0.05) is 25.2 Å². The predicted octanol–water partition coefficient (Wildman–Crippen LogP) is 2.89. The third kappa shape index (κ3) is 7.29. The van der Waals surface area contributed by atoms with Crippen LogP contribution in [0.3, 0.4) is 0 Å². The van der Waals surface area contributed by atoms with Gasteiger partial charge < -0.3 is 20.1 Å². The lowest BCUT2D eigenvalue weighted by Gasteiger charge is -2.25. The van der Waals surface area contributed by atoms with Crippen molar-refractivity contribution in [1.29, 1.82) is 0 Å². The van der Waals surface area contributed by atoms with Gasteiger partial charge in [0.25, 0.3) is 0 Å². The Hall–Kier alpha value is -2.44. The van der Waals surface area contributed by atoms with E-state index in [1.165, 1.54) is 12.2 Å². The fourth-order valence-electron chi connectivity index (χ4n) is 3.25. The Kier molecular flexibility index (Phi) is 8.42. The summed E-state index contributed by atoms with van der Waals surface area (Å²) < 4.78 is 5.48. The molecule has 0 aromatic heterocycles. The molecule has 0 aliphatic heterocycles. The average Bonchev–Trinajstić information content (AvgIpc) is 2.95. The number of ether oxygens (including phenoxy) is 1. The smallest absolute Gasteiger partial charge is 0.303 e. The molecule has 1 aromatic carbocycles. The number of aliphatic carboxylic acids is 1. The van der Waals surface area contributed by atoms with Crippen LogP contribution >= 0.6 is 0 Å². The van der Waals surface area contributed by atoms with Crippen molar-refractivity contribution in [3.8, 4) is 5.75 Å². The molecular formula is C22H28O6. The number of unbranched alkanes of at least 4 members (excludes halogenated alkanes) is 1. The summed E-state index contributed by atoms with van der Waals surface area (Å²) >= 11 is 0. The fourth-order valence-corrected chi connectivity index (χ4v) is 3.25. The SMILES string of the molecule is O=C(O)CCCC=CCC1CC(=O)CC1(O)C=CC(O)COc1ccccc1. The number of ketones is 1. The topological polar surface area (TPSA) is 104 Å². The first-order valence-electron chi connectivity index (χ1n) is 9.55. The van der Waals surface area contributed by atoms with E-state index in [0.717, 1.165) is 0 Å². The lowest BCUT2D eigenvalue weighted by atomic mass is 9.87. The summed E-state index contributed by atoms with van der Waals surface area (Å²) in [5, 5.41) is 29.6. The second-order valence-corrected chi connectivity index (χ2v) is 7.15. The van der Waals surface area contributed by atoms with Crippen LogP contribution in [0.25, 0.3) is 0 Å². The van der Waals surface area contributed by atoms with E-state index in [1.54, 1.807) is 12.1 Å². The molecule has 1 fully saturated rings. The lowest BCUT2D eigenvalue weighted by Crippen LogP contribution is -2.31. The summed E-state index contributed by atoms with van der Waals surface area (Å²) in [6, 6.07) is 9.13. The molecule has 0 amide bonds. The normalized spacial score (nSPS) is 23.5. The Morgan fingerprint density at radius 1 is 1.29 bits per heavy atom. The van der Waals surface area contributed by atoms with E-state index in [2.05, 4.69) is 0 Å². The zero-order chi connectivity index (χ0) is 20.4. The maximum absolute atomic E-state index is 11.9. The molecule has 0 saturated heterocycles. The Morgan fingerprint density at radius 3 is 2.75 bits per heavy atom. The minimum Gasteiger partial charge on any atom is -0.491 e. The third-order valence-corrected chi connectivity index (χ3v) is 4.78. The van der Waals surface area contributed by atoms with Gasteiger partial charge in [-0.15, -0.1) is 0 Å². The van der Waals surface area contributed by atoms with E-state index in [-0.39, 0.29) is 37.6 Å². The van der Waals surface area contributed by atoms with Crippen LogP contribution in [0.15, 0.2) is 54.6 Å². The summed E-state index contributed by atoms with van der Waals surface area (Å²) in [6.45, 7) is 0.0543. The Labute approximate surface area is 165 Å². The molecule has 6 heteroatoms. The van der Waals surface area contributed by atoms with Crippen molar-refractivity contribution in [1.82, 2.24) is 0 Å². The molecule has 6 nitrogen and oxygen atoms in total. The van der Waals surface area contributed by atoms with E-state index >= 15 is 0 Å². The molecule has 0 heterocycles. The van der Waals surface area contributed by atoms with Gasteiger partial charge in [0.05, 0.1) is 5.60 Å². The lowest BCUT2D eigenvalue weighted by molar-refractivity contribution is -0.137. The number of aliphatic hydroxyl groups excluding tert-OH is 1. The highest BCUT2D eigenvalue weighted by molar-refractivity contribution is 5.83. The van der Waals surface area contributed by atoms with E-state index in [4.69, 9.17) is 9.84 Å². The highest BCUT2D eigenvalue weighted by Crippen LogP contribution is 2.37. The molecule has 1 saturated carbocycles. The summed E-state index contributed by atoms with van der Waals surface area (Å²) in [5.41, 5.74) is -1.28. The zero-order valence-corrected chi connectivity index (χ0v) is 15.9. The molecule has 1 aliphatic rings. The van der Waals surface area contributed by atoms with Gasteiger partial charge in [-0.05, 0) is 31.4 Å². The predicted molar refractivity (Wildman–Crippen MR) is 105 cm³/mol. The van der Waals surface area contributed by atoms with Gasteiger partial charge in [0.1, 0.15) is 24.2 Å². The number of aliphatic hydroxyl groups is 2. The highest BCUT2D eigenvalue weighted by atomic mass is 16.5. The van der Waals surface area contributed by atoms with Crippen molar-refractivity contribution in [2.45, 2.75) is 50.2 Å². The molecule has 0 bridgehead atoms. The number of carboxylic acids is 1. The second-order valence-electron chi connectivity index (χ2n) is 7.15. The monoisotopic (exact) mass is 388 g/mol. The van der Waals surface area contributed by atoms with Crippen LogP contribution in [0.4, 0.5) is 0 Å². The quantitative estimate of drug-likeness (QED) is 0.398. The molecule has 2 rings (SSSR count). The number of rotatable bonds is 11. The number of hydrogen-bond donors (Lipinski definition) is 3. The minimum atomic E-state index is -1.28.